The van der Waals surface area contributed by atoms with Gasteiger partial charge in [-0.25, -0.2) is 14.2 Å². The minimum absolute atomic E-state index is 0.0627. The lowest BCUT2D eigenvalue weighted by molar-refractivity contribution is -0.115. The van der Waals surface area contributed by atoms with Gasteiger partial charge < -0.3 is 10.1 Å². The number of para-hydroxylation sites is 1. The number of hydrogen-bond acceptors (Lipinski definition) is 5. The molecule has 0 aliphatic carbocycles. The molecule has 1 aromatic heterocycles. The van der Waals surface area contributed by atoms with Gasteiger partial charge in [0.1, 0.15) is 10.8 Å². The molecule has 0 saturated heterocycles. The van der Waals surface area contributed by atoms with Gasteiger partial charge in [-0.05, 0) is 36.4 Å². The molecule has 0 bridgehead atoms. The van der Waals surface area contributed by atoms with Gasteiger partial charge in [0, 0.05) is 10.9 Å². The van der Waals surface area contributed by atoms with Gasteiger partial charge >= 0.3 is 5.97 Å². The van der Waals surface area contributed by atoms with Crippen LogP contribution in [0.2, 0.25) is 0 Å². The molecule has 2 aromatic carbocycles. The van der Waals surface area contributed by atoms with E-state index in [0.717, 1.165) is 5.56 Å². The lowest BCUT2D eigenvalue weighted by Crippen LogP contribution is -2.17. The van der Waals surface area contributed by atoms with Crippen molar-refractivity contribution in [1.82, 2.24) is 4.98 Å². The number of ether oxygens (including phenoxy) is 1. The number of benzene rings is 2. The number of amides is 1. The first-order valence-electron chi connectivity index (χ1n) is 7.74. The molecule has 0 aliphatic heterocycles. The number of methoxy groups -OCH3 is 1. The first kappa shape index (κ1) is 17.8. The Hall–Kier alpha value is -3.06. The molecular weight excluding hydrogens is 355 g/mol. The second kappa shape index (κ2) is 7.88. The molecule has 0 aliphatic rings. The summed E-state index contributed by atoms with van der Waals surface area (Å²) >= 11 is 1.38. The van der Waals surface area contributed by atoms with Gasteiger partial charge in [0.05, 0.1) is 30.5 Å². The van der Waals surface area contributed by atoms with Crippen LogP contribution in [0.1, 0.15) is 16.1 Å². The van der Waals surface area contributed by atoms with Gasteiger partial charge in [0.2, 0.25) is 5.91 Å². The number of carbonyl (C=O) groups is 2. The van der Waals surface area contributed by atoms with Crippen LogP contribution in [0.25, 0.3) is 10.6 Å². The van der Waals surface area contributed by atoms with E-state index in [1.54, 1.807) is 41.8 Å². The molecule has 5 nitrogen and oxygen atoms in total. The largest absolute Gasteiger partial charge is 0.465 e. The fourth-order valence-corrected chi connectivity index (χ4v) is 3.18. The van der Waals surface area contributed by atoms with E-state index in [-0.39, 0.29) is 23.7 Å². The summed E-state index contributed by atoms with van der Waals surface area (Å²) in [7, 11) is 1.28. The van der Waals surface area contributed by atoms with Crippen molar-refractivity contribution in [1.29, 1.82) is 0 Å². The number of halogens is 1. The fraction of sp³-hybridized carbons (Fsp3) is 0.105. The highest BCUT2D eigenvalue weighted by Crippen LogP contribution is 2.24. The molecule has 7 heteroatoms. The molecular formula is C19H15FN2O3S. The van der Waals surface area contributed by atoms with E-state index in [1.807, 2.05) is 0 Å². The van der Waals surface area contributed by atoms with Gasteiger partial charge in [-0.3, -0.25) is 4.79 Å². The summed E-state index contributed by atoms with van der Waals surface area (Å²) in [6.45, 7) is 0. The van der Waals surface area contributed by atoms with E-state index in [1.165, 1.54) is 30.6 Å². The average Bonchev–Trinajstić information content (AvgIpc) is 3.10. The lowest BCUT2D eigenvalue weighted by atomic mass is 10.1. The second-order valence-corrected chi connectivity index (χ2v) is 6.27. The van der Waals surface area contributed by atoms with E-state index < -0.39 is 5.97 Å². The molecule has 0 atom stereocenters. The molecule has 1 amide bonds. The zero-order chi connectivity index (χ0) is 18.5. The highest BCUT2D eigenvalue weighted by Gasteiger charge is 2.14. The highest BCUT2D eigenvalue weighted by molar-refractivity contribution is 7.13. The van der Waals surface area contributed by atoms with Crippen LogP contribution >= 0.6 is 11.3 Å². The highest BCUT2D eigenvalue weighted by atomic mass is 32.1. The van der Waals surface area contributed by atoms with E-state index in [0.29, 0.717) is 16.4 Å². The molecule has 0 spiro atoms. The maximum absolute atomic E-state index is 13.0. The van der Waals surface area contributed by atoms with Crippen molar-refractivity contribution in [3.63, 3.8) is 0 Å². The van der Waals surface area contributed by atoms with Gasteiger partial charge in [-0.15, -0.1) is 11.3 Å². The molecule has 0 saturated carbocycles. The number of nitrogens with one attached hydrogen (secondary N) is 1. The number of nitrogens with zero attached hydrogens (tertiary/aromatic N) is 1. The third-order valence-electron chi connectivity index (χ3n) is 3.59. The summed E-state index contributed by atoms with van der Waals surface area (Å²) < 4.78 is 17.7. The molecule has 1 heterocycles. The zero-order valence-electron chi connectivity index (χ0n) is 13.9. The fourth-order valence-electron chi connectivity index (χ4n) is 2.35. The van der Waals surface area contributed by atoms with Crippen molar-refractivity contribution in [3.05, 3.63) is 71.0 Å². The zero-order valence-corrected chi connectivity index (χ0v) is 14.7. The van der Waals surface area contributed by atoms with Crippen molar-refractivity contribution in [2.24, 2.45) is 0 Å². The SMILES string of the molecule is COC(=O)c1ccccc1NC(=O)Cc1csc(-c2ccc(F)cc2)n1. The normalized spacial score (nSPS) is 10.4. The number of hydrogen-bond donors (Lipinski definition) is 1. The third kappa shape index (κ3) is 4.12. The smallest absolute Gasteiger partial charge is 0.339 e. The Kier molecular flexibility index (Phi) is 5.38. The minimum Gasteiger partial charge on any atom is -0.465 e. The Morgan fingerprint density at radius 3 is 2.62 bits per heavy atom. The van der Waals surface area contributed by atoms with Crippen molar-refractivity contribution < 1.29 is 18.7 Å². The minimum atomic E-state index is -0.520. The number of aromatic nitrogens is 1. The van der Waals surface area contributed by atoms with Crippen LogP contribution in [0.3, 0.4) is 0 Å². The van der Waals surface area contributed by atoms with Crippen molar-refractivity contribution in [2.45, 2.75) is 6.42 Å². The summed E-state index contributed by atoms with van der Waals surface area (Å²) in [5.41, 5.74) is 2.06. The number of carbonyl (C=O) groups excluding carboxylic acids is 2. The van der Waals surface area contributed by atoms with Crippen molar-refractivity contribution in [3.8, 4) is 10.6 Å². The molecule has 26 heavy (non-hydrogen) atoms. The monoisotopic (exact) mass is 370 g/mol. The Morgan fingerprint density at radius 1 is 1.15 bits per heavy atom. The third-order valence-corrected chi connectivity index (χ3v) is 4.53. The lowest BCUT2D eigenvalue weighted by Gasteiger charge is -2.08. The van der Waals surface area contributed by atoms with Crippen molar-refractivity contribution >= 4 is 28.9 Å². The van der Waals surface area contributed by atoms with E-state index in [2.05, 4.69) is 10.3 Å². The quantitative estimate of drug-likeness (QED) is 0.691. The Morgan fingerprint density at radius 2 is 1.88 bits per heavy atom. The van der Waals surface area contributed by atoms with Crippen LogP contribution in [0.15, 0.2) is 53.9 Å². The predicted octanol–water partition coefficient (Wildman–Crippen LogP) is 3.92. The summed E-state index contributed by atoms with van der Waals surface area (Å²) in [6.07, 6.45) is 0.0627. The molecule has 3 rings (SSSR count). The Bertz CT molecular complexity index is 938. The van der Waals surface area contributed by atoms with Crippen LogP contribution < -0.4 is 5.32 Å². The number of thiazole rings is 1. The van der Waals surface area contributed by atoms with Crippen molar-refractivity contribution in [2.75, 3.05) is 12.4 Å². The molecule has 132 valence electrons. The molecule has 3 aromatic rings. The van der Waals surface area contributed by atoms with Gasteiger partial charge in [-0.2, -0.15) is 0 Å². The van der Waals surface area contributed by atoms with Crippen LogP contribution in [-0.2, 0) is 16.0 Å². The maximum atomic E-state index is 13.0. The van der Waals surface area contributed by atoms with E-state index in [9.17, 15) is 14.0 Å². The summed E-state index contributed by atoms with van der Waals surface area (Å²) in [6, 6.07) is 12.6. The van der Waals surface area contributed by atoms with Crippen LogP contribution in [0.5, 0.6) is 0 Å². The molecule has 0 radical (unpaired) electrons. The second-order valence-electron chi connectivity index (χ2n) is 5.41. The molecule has 1 N–H and O–H groups in total. The van der Waals surface area contributed by atoms with Crippen LogP contribution in [0, 0.1) is 5.82 Å². The first-order chi connectivity index (χ1) is 12.6. The number of rotatable bonds is 5. The standard InChI is InChI=1S/C19H15FN2O3S/c1-25-19(24)15-4-2-3-5-16(15)22-17(23)10-14-11-26-18(21-14)12-6-8-13(20)9-7-12/h2-9,11H,10H2,1H3,(H,22,23). The summed E-state index contributed by atoms with van der Waals surface area (Å²) in [5, 5.41) is 5.20. The Labute approximate surface area is 153 Å². The topological polar surface area (TPSA) is 68.3 Å². The van der Waals surface area contributed by atoms with Gasteiger partial charge in [0.15, 0.2) is 0 Å². The first-order valence-corrected chi connectivity index (χ1v) is 8.62. The maximum Gasteiger partial charge on any atom is 0.339 e. The van der Waals surface area contributed by atoms with E-state index in [4.69, 9.17) is 4.74 Å². The average molecular weight is 370 g/mol. The number of esters is 1. The summed E-state index contributed by atoms with van der Waals surface area (Å²) in [5.74, 6) is -1.13. The Balaban J connectivity index is 1.70. The predicted molar refractivity (Wildman–Crippen MR) is 97.6 cm³/mol. The molecule has 0 fully saturated rings. The van der Waals surface area contributed by atoms with Gasteiger partial charge in [-0.1, -0.05) is 12.1 Å². The number of anilines is 1. The van der Waals surface area contributed by atoms with E-state index >= 15 is 0 Å². The van der Waals surface area contributed by atoms with Gasteiger partial charge in [0.25, 0.3) is 0 Å². The van der Waals surface area contributed by atoms with Crippen LogP contribution in [0.4, 0.5) is 10.1 Å². The molecule has 0 unspecified atom stereocenters. The van der Waals surface area contributed by atoms with Crippen LogP contribution in [-0.4, -0.2) is 24.0 Å². The summed E-state index contributed by atoms with van der Waals surface area (Å²) in [4.78, 5) is 28.4.